The van der Waals surface area contributed by atoms with Crippen LogP contribution in [0.5, 0.6) is 5.75 Å². The predicted octanol–water partition coefficient (Wildman–Crippen LogP) is 6.08. The lowest BCUT2D eigenvalue weighted by Crippen LogP contribution is -2.25. The minimum Gasteiger partial charge on any atom is -0.488 e. The van der Waals surface area contributed by atoms with Gasteiger partial charge < -0.3 is 10.1 Å². The van der Waals surface area contributed by atoms with Gasteiger partial charge in [0.25, 0.3) is 0 Å². The molecule has 0 saturated carbocycles. The number of hydrogen-bond donors (Lipinski definition) is 1. The maximum absolute atomic E-state index is 6.22. The van der Waals surface area contributed by atoms with E-state index in [0.717, 1.165) is 29.8 Å². The fourth-order valence-electron chi connectivity index (χ4n) is 2.63. The normalized spacial score (nSPS) is 10.4. The number of rotatable bonds is 7. The van der Waals surface area contributed by atoms with Gasteiger partial charge in [0.1, 0.15) is 17.3 Å². The number of nitrogens with one attached hydrogen (secondary N) is 1. The smallest absolute Gasteiger partial charge is 0.129 e. The van der Waals surface area contributed by atoms with Crippen molar-refractivity contribution in [3.63, 3.8) is 0 Å². The molecule has 0 atom stereocenters. The van der Waals surface area contributed by atoms with Crippen molar-refractivity contribution in [1.29, 1.82) is 0 Å². The molecule has 3 aromatic carbocycles. The van der Waals surface area contributed by atoms with E-state index in [9.17, 15) is 0 Å². The molecule has 0 heterocycles. The molecule has 0 aliphatic rings. The van der Waals surface area contributed by atoms with E-state index in [1.165, 1.54) is 5.56 Å². The van der Waals surface area contributed by atoms with Gasteiger partial charge in [0.05, 0.1) is 5.56 Å². The Morgan fingerprint density at radius 3 is 2.44 bits per heavy atom. The number of para-hydroxylation sites is 1. The zero-order valence-corrected chi connectivity index (χ0v) is 17.0. The molecule has 0 fully saturated rings. The first-order chi connectivity index (χ1) is 13.1. The minimum absolute atomic E-state index is 0.347. The van der Waals surface area contributed by atoms with E-state index in [1.54, 1.807) is 12.1 Å². The lowest BCUT2D eigenvalue weighted by Gasteiger charge is -2.14. The summed E-state index contributed by atoms with van der Waals surface area (Å²) in [4.78, 5) is 0.670. The number of ether oxygens (including phenoxy) is 1. The third-order valence-corrected chi connectivity index (χ3v) is 5.02. The van der Waals surface area contributed by atoms with Gasteiger partial charge in [-0.25, -0.2) is 0 Å². The van der Waals surface area contributed by atoms with Gasteiger partial charge in [0.2, 0.25) is 0 Å². The summed E-state index contributed by atoms with van der Waals surface area (Å²) in [5.41, 5.74) is 3.01. The standard InChI is InChI=1S/C22H19Cl2NOS/c23-18-11-10-17(20(24)14-18)15-26-21-9-5-4-8-19(21)22(27)25-13-12-16-6-2-1-3-7-16/h1-11,14H,12-13,15H2,(H,25,27). The van der Waals surface area contributed by atoms with Gasteiger partial charge in [0, 0.05) is 22.2 Å². The van der Waals surface area contributed by atoms with Crippen LogP contribution in [0.15, 0.2) is 72.8 Å². The van der Waals surface area contributed by atoms with Crippen LogP contribution in [0.4, 0.5) is 0 Å². The fourth-order valence-corrected chi connectivity index (χ4v) is 3.37. The first-order valence-corrected chi connectivity index (χ1v) is 9.78. The molecule has 0 unspecified atom stereocenters. The fraction of sp³-hybridized carbons (Fsp3) is 0.136. The van der Waals surface area contributed by atoms with Crippen LogP contribution in [-0.2, 0) is 13.0 Å². The van der Waals surface area contributed by atoms with Crippen LogP contribution >= 0.6 is 35.4 Å². The maximum atomic E-state index is 6.22. The van der Waals surface area contributed by atoms with Crippen LogP contribution in [0.25, 0.3) is 0 Å². The summed E-state index contributed by atoms with van der Waals surface area (Å²) in [7, 11) is 0. The van der Waals surface area contributed by atoms with Crippen LogP contribution < -0.4 is 10.1 Å². The van der Waals surface area contributed by atoms with Crippen molar-refractivity contribution in [2.45, 2.75) is 13.0 Å². The summed E-state index contributed by atoms with van der Waals surface area (Å²) in [6.07, 6.45) is 0.907. The molecule has 3 rings (SSSR count). The summed E-state index contributed by atoms with van der Waals surface area (Å²) in [5, 5.41) is 4.50. The zero-order valence-electron chi connectivity index (χ0n) is 14.6. The molecule has 0 bridgehead atoms. The summed E-state index contributed by atoms with van der Waals surface area (Å²) in [6.45, 7) is 1.11. The molecular formula is C22H19Cl2NOS. The predicted molar refractivity (Wildman–Crippen MR) is 117 cm³/mol. The molecule has 0 aliphatic heterocycles. The molecule has 5 heteroatoms. The highest BCUT2D eigenvalue weighted by Gasteiger charge is 2.10. The molecular weight excluding hydrogens is 397 g/mol. The van der Waals surface area contributed by atoms with Gasteiger partial charge >= 0.3 is 0 Å². The van der Waals surface area contributed by atoms with Crippen molar-refractivity contribution in [3.8, 4) is 5.75 Å². The van der Waals surface area contributed by atoms with Crippen LogP contribution in [0.3, 0.4) is 0 Å². The van der Waals surface area contributed by atoms with Crippen molar-refractivity contribution in [3.05, 3.63) is 99.5 Å². The molecule has 0 amide bonds. The van der Waals surface area contributed by atoms with Crippen molar-refractivity contribution >= 4 is 40.4 Å². The summed E-state index contributed by atoms with van der Waals surface area (Å²) < 4.78 is 5.97. The lowest BCUT2D eigenvalue weighted by atomic mass is 10.1. The lowest BCUT2D eigenvalue weighted by molar-refractivity contribution is 0.305. The van der Waals surface area contributed by atoms with E-state index in [2.05, 4.69) is 17.4 Å². The highest BCUT2D eigenvalue weighted by Crippen LogP contribution is 2.24. The Labute approximate surface area is 175 Å². The Bertz CT molecular complexity index is 915. The highest BCUT2D eigenvalue weighted by molar-refractivity contribution is 7.80. The minimum atomic E-state index is 0.347. The summed E-state index contributed by atoms with van der Waals surface area (Å²) in [6, 6.07) is 23.4. The van der Waals surface area contributed by atoms with Gasteiger partial charge in [-0.3, -0.25) is 0 Å². The van der Waals surface area contributed by atoms with Crippen LogP contribution in [0, 0.1) is 0 Å². The van der Waals surface area contributed by atoms with Crippen molar-refractivity contribution in [2.24, 2.45) is 0 Å². The third kappa shape index (κ3) is 5.70. The van der Waals surface area contributed by atoms with Gasteiger partial charge in [-0.1, -0.05) is 84.0 Å². The molecule has 1 N–H and O–H groups in total. The van der Waals surface area contributed by atoms with E-state index < -0.39 is 0 Å². The third-order valence-electron chi connectivity index (χ3n) is 4.07. The van der Waals surface area contributed by atoms with Crippen LogP contribution in [0.2, 0.25) is 10.0 Å². The van der Waals surface area contributed by atoms with E-state index in [-0.39, 0.29) is 0 Å². The Kier molecular flexibility index (Phi) is 7.11. The number of thiocarbonyl (C=S) groups is 1. The second-order valence-electron chi connectivity index (χ2n) is 6.01. The van der Waals surface area contributed by atoms with Crippen molar-refractivity contribution < 1.29 is 4.74 Å². The molecule has 0 radical (unpaired) electrons. The van der Waals surface area contributed by atoms with Crippen molar-refractivity contribution in [1.82, 2.24) is 5.32 Å². The average Bonchev–Trinajstić information content (AvgIpc) is 2.68. The first-order valence-electron chi connectivity index (χ1n) is 8.61. The van der Waals surface area contributed by atoms with E-state index >= 15 is 0 Å². The molecule has 0 aromatic heterocycles. The maximum Gasteiger partial charge on any atom is 0.129 e. The van der Waals surface area contributed by atoms with Crippen LogP contribution in [-0.4, -0.2) is 11.5 Å². The zero-order chi connectivity index (χ0) is 19.1. The van der Waals surface area contributed by atoms with Gasteiger partial charge in [-0.05, 0) is 36.2 Å². The van der Waals surface area contributed by atoms with Crippen LogP contribution in [0.1, 0.15) is 16.7 Å². The molecule has 3 aromatic rings. The molecule has 0 saturated heterocycles. The van der Waals surface area contributed by atoms with E-state index in [0.29, 0.717) is 21.6 Å². The Hall–Kier alpha value is -2.07. The van der Waals surface area contributed by atoms with Gasteiger partial charge in [-0.15, -0.1) is 0 Å². The SMILES string of the molecule is S=C(NCCc1ccccc1)c1ccccc1OCc1ccc(Cl)cc1Cl. The molecule has 138 valence electrons. The summed E-state index contributed by atoms with van der Waals surface area (Å²) >= 11 is 17.7. The molecule has 27 heavy (non-hydrogen) atoms. The molecule has 0 spiro atoms. The Morgan fingerprint density at radius 1 is 0.926 bits per heavy atom. The quantitative estimate of drug-likeness (QED) is 0.472. The topological polar surface area (TPSA) is 21.3 Å². The average molecular weight is 416 g/mol. The second kappa shape index (κ2) is 9.75. The largest absolute Gasteiger partial charge is 0.488 e. The monoisotopic (exact) mass is 415 g/mol. The van der Waals surface area contributed by atoms with Crippen molar-refractivity contribution in [2.75, 3.05) is 6.54 Å². The number of benzene rings is 3. The Morgan fingerprint density at radius 2 is 1.67 bits per heavy atom. The van der Waals surface area contributed by atoms with Gasteiger partial charge in [0.15, 0.2) is 0 Å². The number of halogens is 2. The summed E-state index contributed by atoms with van der Waals surface area (Å²) in [5.74, 6) is 0.723. The Balaban J connectivity index is 1.61. The second-order valence-corrected chi connectivity index (χ2v) is 7.26. The van der Waals surface area contributed by atoms with E-state index in [1.807, 2.05) is 48.5 Å². The van der Waals surface area contributed by atoms with E-state index in [4.69, 9.17) is 40.2 Å². The molecule has 0 aliphatic carbocycles. The van der Waals surface area contributed by atoms with Gasteiger partial charge in [-0.2, -0.15) is 0 Å². The highest BCUT2D eigenvalue weighted by atomic mass is 35.5. The first kappa shape index (κ1) is 19.7. The number of hydrogen-bond acceptors (Lipinski definition) is 2. The molecule has 2 nitrogen and oxygen atoms in total.